The van der Waals surface area contributed by atoms with Gasteiger partial charge in [0.25, 0.3) is 11.8 Å². The third-order valence-corrected chi connectivity index (χ3v) is 4.41. The molecule has 134 valence electrons. The second-order valence-electron chi connectivity index (χ2n) is 5.37. The Morgan fingerprint density at radius 3 is 2.85 bits per heavy atom. The molecule has 0 bridgehead atoms. The molecule has 0 radical (unpaired) electrons. The molecule has 3 N–H and O–H groups in total. The smallest absolute Gasteiger partial charge is 0.291 e. The standard InChI is InChI=1S/C17H17N5O3S/c1-11-9-12(16(23)18-6-8-26-15-10-19-22-21-15)4-5-13(11)20-17(24)14-3-2-7-25-14/h2-5,7,9-10H,6,8H2,1H3,(H,18,23)(H,20,24)(H,19,21,22). The highest BCUT2D eigenvalue weighted by molar-refractivity contribution is 7.99. The Bertz CT molecular complexity index is 878. The summed E-state index contributed by atoms with van der Waals surface area (Å²) in [6, 6.07) is 8.34. The van der Waals surface area contributed by atoms with Crippen molar-refractivity contribution in [1.29, 1.82) is 0 Å². The number of amides is 2. The number of anilines is 1. The number of nitrogens with one attached hydrogen (secondary N) is 3. The van der Waals surface area contributed by atoms with E-state index in [0.29, 0.717) is 23.5 Å². The van der Waals surface area contributed by atoms with Gasteiger partial charge in [-0.2, -0.15) is 10.3 Å². The molecule has 0 aliphatic heterocycles. The fourth-order valence-electron chi connectivity index (χ4n) is 2.22. The summed E-state index contributed by atoms with van der Waals surface area (Å²) >= 11 is 1.50. The van der Waals surface area contributed by atoms with Crippen molar-refractivity contribution in [3.8, 4) is 0 Å². The fraction of sp³-hybridized carbons (Fsp3) is 0.176. The van der Waals surface area contributed by atoms with Gasteiger partial charge in [0.15, 0.2) is 5.76 Å². The summed E-state index contributed by atoms with van der Waals surface area (Å²) in [7, 11) is 0. The summed E-state index contributed by atoms with van der Waals surface area (Å²) in [6.07, 6.45) is 3.07. The van der Waals surface area contributed by atoms with Gasteiger partial charge in [0.1, 0.15) is 5.03 Å². The van der Waals surface area contributed by atoms with Crippen LogP contribution in [0.25, 0.3) is 0 Å². The number of hydrogen-bond acceptors (Lipinski definition) is 6. The van der Waals surface area contributed by atoms with E-state index in [1.54, 1.807) is 36.5 Å². The molecule has 0 saturated heterocycles. The van der Waals surface area contributed by atoms with Crippen LogP contribution in [0.4, 0.5) is 5.69 Å². The van der Waals surface area contributed by atoms with Crippen LogP contribution < -0.4 is 10.6 Å². The molecule has 1 aromatic carbocycles. The number of benzene rings is 1. The molecular weight excluding hydrogens is 354 g/mol. The molecule has 3 aromatic rings. The van der Waals surface area contributed by atoms with E-state index < -0.39 is 0 Å². The first-order valence-electron chi connectivity index (χ1n) is 7.86. The van der Waals surface area contributed by atoms with Crippen LogP contribution in [0.2, 0.25) is 0 Å². The fourth-order valence-corrected chi connectivity index (χ4v) is 2.87. The SMILES string of the molecule is Cc1cc(C(=O)NCCSc2cn[nH]n2)ccc1NC(=O)c1ccco1. The molecule has 26 heavy (non-hydrogen) atoms. The van der Waals surface area contributed by atoms with Crippen molar-refractivity contribution in [2.24, 2.45) is 0 Å². The predicted octanol–water partition coefficient (Wildman–Crippen LogP) is 2.48. The summed E-state index contributed by atoms with van der Waals surface area (Å²) < 4.78 is 5.06. The van der Waals surface area contributed by atoms with Gasteiger partial charge in [-0.25, -0.2) is 0 Å². The van der Waals surface area contributed by atoms with Gasteiger partial charge in [-0.15, -0.1) is 16.9 Å². The van der Waals surface area contributed by atoms with E-state index in [1.165, 1.54) is 18.0 Å². The molecule has 0 saturated carbocycles. The largest absolute Gasteiger partial charge is 0.459 e. The van der Waals surface area contributed by atoms with Crippen molar-refractivity contribution in [3.63, 3.8) is 0 Å². The number of H-pyrrole nitrogens is 1. The third-order valence-electron chi connectivity index (χ3n) is 3.51. The number of nitrogens with zero attached hydrogens (tertiary/aromatic N) is 2. The Hall–Kier alpha value is -3.07. The second kappa shape index (κ2) is 8.34. The van der Waals surface area contributed by atoms with E-state index in [-0.39, 0.29) is 17.6 Å². The number of thioether (sulfide) groups is 1. The van der Waals surface area contributed by atoms with Crippen LogP contribution in [0.1, 0.15) is 26.5 Å². The van der Waals surface area contributed by atoms with Gasteiger partial charge in [0, 0.05) is 23.5 Å². The summed E-state index contributed by atoms with van der Waals surface area (Å²) in [5.74, 6) is 0.419. The highest BCUT2D eigenvalue weighted by Crippen LogP contribution is 2.18. The lowest BCUT2D eigenvalue weighted by Crippen LogP contribution is -2.25. The molecule has 0 aliphatic rings. The summed E-state index contributed by atoms with van der Waals surface area (Å²) in [4.78, 5) is 24.2. The van der Waals surface area contributed by atoms with E-state index in [4.69, 9.17) is 4.42 Å². The molecular formula is C17H17N5O3S. The molecule has 8 nitrogen and oxygen atoms in total. The molecule has 0 fully saturated rings. The molecule has 9 heteroatoms. The molecule has 3 rings (SSSR count). The number of carbonyl (C=O) groups is 2. The van der Waals surface area contributed by atoms with Crippen molar-refractivity contribution in [3.05, 3.63) is 59.7 Å². The first kappa shape index (κ1) is 17.7. The van der Waals surface area contributed by atoms with E-state index in [2.05, 4.69) is 26.0 Å². The van der Waals surface area contributed by atoms with Crippen molar-refractivity contribution >= 4 is 29.3 Å². The highest BCUT2D eigenvalue weighted by Gasteiger charge is 2.12. The van der Waals surface area contributed by atoms with Crippen molar-refractivity contribution in [2.45, 2.75) is 11.9 Å². The Labute approximate surface area is 153 Å². The molecule has 2 heterocycles. The number of furan rings is 1. The van der Waals surface area contributed by atoms with Crippen molar-refractivity contribution < 1.29 is 14.0 Å². The lowest BCUT2D eigenvalue weighted by molar-refractivity contribution is 0.0955. The van der Waals surface area contributed by atoms with E-state index in [9.17, 15) is 9.59 Å². The van der Waals surface area contributed by atoms with Gasteiger partial charge in [-0.3, -0.25) is 9.59 Å². The molecule has 0 atom stereocenters. The van der Waals surface area contributed by atoms with Crippen LogP contribution in [0.5, 0.6) is 0 Å². The highest BCUT2D eigenvalue weighted by atomic mass is 32.2. The zero-order valence-electron chi connectivity index (χ0n) is 14.0. The van der Waals surface area contributed by atoms with Gasteiger partial charge in [-0.1, -0.05) is 0 Å². The average molecular weight is 371 g/mol. The first-order valence-corrected chi connectivity index (χ1v) is 8.84. The third kappa shape index (κ3) is 4.51. The molecule has 0 aliphatic carbocycles. The maximum atomic E-state index is 12.2. The number of carbonyl (C=O) groups excluding carboxylic acids is 2. The average Bonchev–Trinajstić information content (AvgIpc) is 3.34. The zero-order valence-corrected chi connectivity index (χ0v) is 14.8. The van der Waals surface area contributed by atoms with Gasteiger partial charge in [0.2, 0.25) is 0 Å². The summed E-state index contributed by atoms with van der Waals surface area (Å²) in [5, 5.41) is 16.6. The second-order valence-corrected chi connectivity index (χ2v) is 6.49. The Kier molecular flexibility index (Phi) is 5.69. The Morgan fingerprint density at radius 2 is 2.15 bits per heavy atom. The van der Waals surface area contributed by atoms with Crippen LogP contribution in [-0.4, -0.2) is 39.5 Å². The van der Waals surface area contributed by atoms with Gasteiger partial charge in [-0.05, 0) is 42.8 Å². The quantitative estimate of drug-likeness (QED) is 0.434. The number of aryl methyl sites for hydroxylation is 1. The summed E-state index contributed by atoms with van der Waals surface area (Å²) in [5.41, 5.74) is 1.95. The minimum atomic E-state index is -0.333. The number of hydrogen-bond donors (Lipinski definition) is 3. The van der Waals surface area contributed by atoms with E-state index >= 15 is 0 Å². The van der Waals surface area contributed by atoms with Crippen LogP contribution in [0, 0.1) is 6.92 Å². The zero-order chi connectivity index (χ0) is 18.4. The predicted molar refractivity (Wildman–Crippen MR) is 97.3 cm³/mol. The van der Waals surface area contributed by atoms with Gasteiger partial charge < -0.3 is 15.1 Å². The number of aromatic amines is 1. The van der Waals surface area contributed by atoms with Crippen molar-refractivity contribution in [1.82, 2.24) is 20.7 Å². The topological polar surface area (TPSA) is 113 Å². The lowest BCUT2D eigenvalue weighted by Gasteiger charge is -2.10. The summed E-state index contributed by atoms with van der Waals surface area (Å²) in [6.45, 7) is 2.33. The molecule has 2 aromatic heterocycles. The van der Waals surface area contributed by atoms with Crippen molar-refractivity contribution in [2.75, 3.05) is 17.6 Å². The molecule has 2 amide bonds. The number of aromatic nitrogens is 3. The molecule has 0 spiro atoms. The Balaban J connectivity index is 1.52. The maximum Gasteiger partial charge on any atom is 0.291 e. The van der Waals surface area contributed by atoms with Crippen LogP contribution >= 0.6 is 11.8 Å². The monoisotopic (exact) mass is 371 g/mol. The van der Waals surface area contributed by atoms with Gasteiger partial charge >= 0.3 is 0 Å². The van der Waals surface area contributed by atoms with Crippen LogP contribution in [-0.2, 0) is 0 Å². The van der Waals surface area contributed by atoms with E-state index in [0.717, 1.165) is 10.6 Å². The first-order chi connectivity index (χ1) is 12.6. The van der Waals surface area contributed by atoms with Crippen LogP contribution in [0.3, 0.4) is 0 Å². The number of rotatable bonds is 7. The lowest BCUT2D eigenvalue weighted by atomic mass is 10.1. The van der Waals surface area contributed by atoms with E-state index in [1.807, 2.05) is 6.92 Å². The Morgan fingerprint density at radius 1 is 1.27 bits per heavy atom. The maximum absolute atomic E-state index is 12.2. The normalized spacial score (nSPS) is 10.5. The molecule has 0 unspecified atom stereocenters. The minimum Gasteiger partial charge on any atom is -0.459 e. The van der Waals surface area contributed by atoms with Gasteiger partial charge in [0.05, 0.1) is 12.5 Å². The van der Waals surface area contributed by atoms with Crippen LogP contribution in [0.15, 0.2) is 52.2 Å². The minimum absolute atomic E-state index is 0.169.